The van der Waals surface area contributed by atoms with Gasteiger partial charge < -0.3 is 18.0 Å². The SMILES string of the molecule is c1ccc(-c2ccc(-c3nc(-c4ccc(-c5ccc(-c6ccc(-c7ccc(-c8nc(-c9cccc(-c%10ccccc%10)c9)nc(-c9cc(-c%10ccccc%10)cc(-n%10c%11ccccc%11c%11ccc(-c%12cccc%13c%12oc%12ccccc%12%13)cc%11%10)c9)n8)cc7)cc6)cc5)cc4)nc(-c4ccc(-n5c6ccccc6c6ccc(-c7cccc8c7oc7ccccc78)cc65)cc4-c4ccccc4)n3)cc2)cc1. The van der Waals surface area contributed by atoms with Crippen molar-refractivity contribution in [3.63, 3.8) is 0 Å². The van der Waals surface area contributed by atoms with Crippen molar-refractivity contribution in [1.29, 1.82) is 0 Å². The number of hydrogen-bond donors (Lipinski definition) is 0. The third-order valence-electron chi connectivity index (χ3n) is 26.7. The molecule has 26 aromatic rings. The Labute approximate surface area is 783 Å². The summed E-state index contributed by atoms with van der Waals surface area (Å²) in [7, 11) is 0. The minimum absolute atomic E-state index is 0.550. The number of para-hydroxylation sites is 6. The highest BCUT2D eigenvalue weighted by atomic mass is 16.3. The summed E-state index contributed by atoms with van der Waals surface area (Å²) in [4.78, 5) is 32.5. The fraction of sp³-hybridized carbons (Fsp3) is 0. The van der Waals surface area contributed by atoms with Crippen molar-refractivity contribution in [2.75, 3.05) is 0 Å². The van der Waals surface area contributed by atoms with E-state index in [2.05, 4.69) is 446 Å². The highest BCUT2D eigenvalue weighted by Crippen LogP contribution is 2.46. The van der Waals surface area contributed by atoms with E-state index < -0.39 is 0 Å². The molecule has 0 saturated carbocycles. The minimum atomic E-state index is 0.550. The van der Waals surface area contributed by atoms with E-state index in [0.717, 1.165) is 227 Å². The van der Waals surface area contributed by atoms with Crippen LogP contribution < -0.4 is 0 Å². The smallest absolute Gasteiger partial charge is 0.164 e. The molecule has 634 valence electrons. The van der Waals surface area contributed by atoms with Crippen LogP contribution in [0.25, 0.3) is 267 Å². The van der Waals surface area contributed by atoms with E-state index in [1.165, 1.54) is 5.39 Å². The van der Waals surface area contributed by atoms with E-state index in [9.17, 15) is 0 Å². The Morgan fingerprint density at radius 3 is 0.897 bits per heavy atom. The van der Waals surface area contributed by atoms with E-state index >= 15 is 0 Å². The number of benzene rings is 20. The summed E-state index contributed by atoms with van der Waals surface area (Å²) in [5, 5.41) is 9.00. The van der Waals surface area contributed by atoms with Crippen molar-refractivity contribution in [2.24, 2.45) is 0 Å². The Bertz CT molecular complexity index is 9170. The van der Waals surface area contributed by atoms with Crippen LogP contribution in [0.15, 0.2) is 482 Å². The Balaban J connectivity index is 0.513. The highest BCUT2D eigenvalue weighted by Gasteiger charge is 2.25. The van der Waals surface area contributed by atoms with Crippen LogP contribution in [-0.2, 0) is 0 Å². The van der Waals surface area contributed by atoms with Crippen LogP contribution >= 0.6 is 0 Å². The first-order chi connectivity index (χ1) is 67.3. The van der Waals surface area contributed by atoms with Crippen molar-refractivity contribution in [1.82, 2.24) is 39.0 Å². The van der Waals surface area contributed by atoms with Gasteiger partial charge in [0, 0.05) is 99.0 Å². The Morgan fingerprint density at radius 2 is 0.441 bits per heavy atom. The van der Waals surface area contributed by atoms with Gasteiger partial charge in [-0.25, -0.2) is 29.9 Å². The number of rotatable bonds is 17. The largest absolute Gasteiger partial charge is 0.455 e. The summed E-state index contributed by atoms with van der Waals surface area (Å²) in [6, 6.07) is 168. The van der Waals surface area contributed by atoms with Crippen LogP contribution in [0, 0.1) is 0 Å². The van der Waals surface area contributed by atoms with Gasteiger partial charge in [0.25, 0.3) is 0 Å². The lowest BCUT2D eigenvalue weighted by Crippen LogP contribution is -2.02. The molecular weight excluding hydrogens is 1660 g/mol. The van der Waals surface area contributed by atoms with Crippen molar-refractivity contribution < 1.29 is 8.83 Å². The predicted molar refractivity (Wildman–Crippen MR) is 558 cm³/mol. The van der Waals surface area contributed by atoms with Gasteiger partial charge in [-0.15, -0.1) is 0 Å². The van der Waals surface area contributed by atoms with Gasteiger partial charge in [-0.2, -0.15) is 0 Å². The number of nitrogens with zero attached hydrogens (tertiary/aromatic N) is 8. The van der Waals surface area contributed by atoms with Gasteiger partial charge in [0.05, 0.1) is 22.1 Å². The number of furan rings is 2. The Morgan fingerprint density at radius 1 is 0.140 bits per heavy atom. The van der Waals surface area contributed by atoms with Crippen molar-refractivity contribution in [3.05, 3.63) is 473 Å². The molecule has 6 aromatic heterocycles. The quantitative estimate of drug-likeness (QED) is 0.0886. The Kier molecular flexibility index (Phi) is 19.0. The molecule has 10 nitrogen and oxygen atoms in total. The fourth-order valence-corrected chi connectivity index (χ4v) is 19.9. The third kappa shape index (κ3) is 14.1. The zero-order valence-corrected chi connectivity index (χ0v) is 73.4. The van der Waals surface area contributed by atoms with Crippen LogP contribution in [0.5, 0.6) is 0 Å². The first-order valence-corrected chi connectivity index (χ1v) is 45.9. The summed E-state index contributed by atoms with van der Waals surface area (Å²) < 4.78 is 18.1. The molecule has 20 aromatic carbocycles. The maximum atomic E-state index is 6.66. The molecule has 0 aliphatic rings. The molecule has 0 aliphatic carbocycles. The molecule has 0 radical (unpaired) electrons. The zero-order chi connectivity index (χ0) is 89.7. The van der Waals surface area contributed by atoms with Crippen molar-refractivity contribution in [2.45, 2.75) is 0 Å². The average Bonchev–Trinajstić information content (AvgIpc) is 1.58. The van der Waals surface area contributed by atoms with E-state index in [1.807, 2.05) is 36.4 Å². The molecule has 0 amide bonds. The van der Waals surface area contributed by atoms with Gasteiger partial charge in [-0.3, -0.25) is 0 Å². The van der Waals surface area contributed by atoms with Gasteiger partial charge in [0.2, 0.25) is 0 Å². The molecule has 10 heteroatoms. The lowest BCUT2D eigenvalue weighted by molar-refractivity contribution is 0.669. The van der Waals surface area contributed by atoms with Crippen molar-refractivity contribution in [3.8, 4) is 180 Å². The summed E-state index contributed by atoms with van der Waals surface area (Å²) in [5.74, 6) is 3.38. The van der Waals surface area contributed by atoms with Gasteiger partial charge in [-0.1, -0.05) is 394 Å². The summed E-state index contributed by atoms with van der Waals surface area (Å²) in [6.07, 6.45) is 0. The molecule has 0 saturated heterocycles. The standard InChI is InChI=1S/C126H78N8O2/c1-5-24-79(25-6-1)82-54-60-91(61-55-82)122-127-123(132-126(131-122)111-71-68-99(78-112(111)89-30-11-4-12-31-89)133-113-42-17-13-34-103(113)105-69-66-94(76-115(105)133)101-38-22-40-109-107-36-15-19-44-117(107)135-119(101)109)92-64-58-88(59-65-92)86-52-48-84(49-53-86)83-46-50-85(51-47-83)87-56-62-90(63-57-87)121-128-124(96-33-21-32-93(72-96)80-26-7-2-8-27-80)130-125(129-121)98-73-97(81-28-9-3-10-29-81)74-100(75-98)134-114-43-18-14-35-104(114)106-70-67-95(77-116(106)134)102-39-23-41-110-108-37-16-20-45-118(108)136-120(102)110/h1-78H. The first-order valence-electron chi connectivity index (χ1n) is 45.9. The molecule has 0 spiro atoms. The van der Waals surface area contributed by atoms with Crippen LogP contribution in [0.3, 0.4) is 0 Å². The normalized spacial score (nSPS) is 11.7. The monoisotopic (exact) mass is 1730 g/mol. The lowest BCUT2D eigenvalue weighted by Gasteiger charge is -2.16. The maximum Gasteiger partial charge on any atom is 0.164 e. The Hall–Kier alpha value is -18.4. The van der Waals surface area contributed by atoms with Gasteiger partial charge in [-0.05, 0) is 168 Å². The second-order valence-electron chi connectivity index (χ2n) is 34.8. The number of hydrogen-bond acceptors (Lipinski definition) is 8. The summed E-state index contributed by atoms with van der Waals surface area (Å²) >= 11 is 0. The van der Waals surface area contributed by atoms with Gasteiger partial charge in [0.1, 0.15) is 22.3 Å². The summed E-state index contributed by atoms with van der Waals surface area (Å²) in [5.41, 5.74) is 34.3. The predicted octanol–water partition coefficient (Wildman–Crippen LogP) is 33.1. The molecule has 0 N–H and O–H groups in total. The average molecular weight is 1740 g/mol. The second kappa shape index (κ2) is 32.9. The van der Waals surface area contributed by atoms with Gasteiger partial charge >= 0.3 is 0 Å². The number of fused-ring (bicyclic) bond motifs is 12. The molecule has 0 fully saturated rings. The molecule has 0 bridgehead atoms. The number of aromatic nitrogens is 8. The van der Waals surface area contributed by atoms with E-state index in [0.29, 0.717) is 34.9 Å². The minimum Gasteiger partial charge on any atom is -0.455 e. The molecule has 6 heterocycles. The summed E-state index contributed by atoms with van der Waals surface area (Å²) in [6.45, 7) is 0. The highest BCUT2D eigenvalue weighted by molar-refractivity contribution is 6.15. The molecule has 0 unspecified atom stereocenters. The maximum absolute atomic E-state index is 6.66. The van der Waals surface area contributed by atoms with Crippen LogP contribution in [-0.4, -0.2) is 39.0 Å². The van der Waals surface area contributed by atoms with Crippen LogP contribution in [0.4, 0.5) is 0 Å². The van der Waals surface area contributed by atoms with Crippen LogP contribution in [0.2, 0.25) is 0 Å². The lowest BCUT2D eigenvalue weighted by atomic mass is 9.97. The molecule has 26 rings (SSSR count). The van der Waals surface area contributed by atoms with E-state index in [1.54, 1.807) is 0 Å². The van der Waals surface area contributed by atoms with Crippen LogP contribution in [0.1, 0.15) is 0 Å². The second-order valence-corrected chi connectivity index (χ2v) is 34.8. The fourth-order valence-electron chi connectivity index (χ4n) is 19.9. The first kappa shape index (κ1) is 78.6. The van der Waals surface area contributed by atoms with Crippen molar-refractivity contribution >= 4 is 87.5 Å². The third-order valence-corrected chi connectivity index (χ3v) is 26.7. The molecule has 0 aliphatic heterocycles. The van der Waals surface area contributed by atoms with E-state index in [4.69, 9.17) is 38.7 Å². The van der Waals surface area contributed by atoms with Gasteiger partial charge in [0.15, 0.2) is 34.9 Å². The molecule has 136 heavy (non-hydrogen) atoms. The van der Waals surface area contributed by atoms with E-state index in [-0.39, 0.29) is 0 Å². The molecule has 0 atom stereocenters. The molecular formula is C126H78N8O2. The topological polar surface area (TPSA) is 113 Å². The zero-order valence-electron chi connectivity index (χ0n) is 73.4.